The highest BCUT2D eigenvalue weighted by molar-refractivity contribution is 5.92. The van der Waals surface area contributed by atoms with E-state index in [2.05, 4.69) is 256 Å². The van der Waals surface area contributed by atoms with Crippen LogP contribution in [0.2, 0.25) is 0 Å². The van der Waals surface area contributed by atoms with Crippen LogP contribution in [0.1, 0.15) is 134 Å². The molecule has 0 fully saturated rings. The van der Waals surface area contributed by atoms with Crippen LogP contribution in [-0.4, -0.2) is 105 Å². The van der Waals surface area contributed by atoms with Crippen molar-refractivity contribution < 1.29 is 44.8 Å². The number of aliphatic hydroxyl groups excluding tert-OH is 6. The molecular weight excluding hydrogens is 1490 g/mol. The lowest BCUT2D eigenvalue weighted by atomic mass is 9.73. The quantitative estimate of drug-likeness (QED) is 0.0227. The fourth-order valence-electron chi connectivity index (χ4n) is 18.5. The Morgan fingerprint density at radius 2 is 0.467 bits per heavy atom. The van der Waals surface area contributed by atoms with Gasteiger partial charge >= 0.3 is 0 Å². The largest absolute Gasteiger partial charge is 0.493 e. The normalized spacial score (nSPS) is 13.8. The van der Waals surface area contributed by atoms with Crippen LogP contribution in [0.3, 0.4) is 0 Å². The highest BCUT2D eigenvalue weighted by atomic mass is 16.5. The Balaban J connectivity index is 0.816. The Bertz CT molecular complexity index is 5280. The maximum Gasteiger partial charge on any atom is 0.164 e. The molecule has 1 aromatic heterocycles. The van der Waals surface area contributed by atoms with Gasteiger partial charge in [-0.1, -0.05) is 190 Å². The van der Waals surface area contributed by atoms with E-state index in [0.29, 0.717) is 34.7 Å². The summed E-state index contributed by atoms with van der Waals surface area (Å²) in [6.45, 7) is 18.4. The fourth-order valence-corrected chi connectivity index (χ4v) is 18.5. The monoisotopic (exact) mass is 1600 g/mol. The van der Waals surface area contributed by atoms with Gasteiger partial charge < -0.3 is 59.5 Å². The van der Waals surface area contributed by atoms with E-state index in [4.69, 9.17) is 29.2 Å². The maximum absolute atomic E-state index is 10.2. The zero-order valence-electron chi connectivity index (χ0n) is 70.2. The summed E-state index contributed by atoms with van der Waals surface area (Å²) in [7, 11) is 0. The third-order valence-electron chi connectivity index (χ3n) is 26.2. The molecule has 3 aliphatic carbocycles. The van der Waals surface area contributed by atoms with E-state index < -0.39 is 32.5 Å². The van der Waals surface area contributed by atoms with Gasteiger partial charge in [0.2, 0.25) is 0 Å². The predicted molar refractivity (Wildman–Crippen MR) is 484 cm³/mol. The lowest BCUT2D eigenvalue weighted by Gasteiger charge is -2.32. The van der Waals surface area contributed by atoms with E-state index in [-0.39, 0.29) is 59.5 Å². The van der Waals surface area contributed by atoms with Crippen LogP contribution >= 0.6 is 0 Å². The van der Waals surface area contributed by atoms with Crippen LogP contribution < -0.4 is 28.9 Å². The van der Waals surface area contributed by atoms with Gasteiger partial charge in [-0.15, -0.1) is 0 Å². The highest BCUT2D eigenvalue weighted by Crippen LogP contribution is 2.59. The Kier molecular flexibility index (Phi) is 23.1. The molecule has 0 saturated carbocycles. The molecule has 6 N–H and O–H groups in total. The number of ether oxygens (including phenoxy) is 3. The van der Waals surface area contributed by atoms with Crippen molar-refractivity contribution >= 4 is 51.2 Å². The van der Waals surface area contributed by atoms with E-state index in [1.165, 1.54) is 66.8 Å². The summed E-state index contributed by atoms with van der Waals surface area (Å²) >= 11 is 0. The third-order valence-corrected chi connectivity index (χ3v) is 26.2. The van der Waals surface area contributed by atoms with Crippen LogP contribution in [0.4, 0.5) is 51.2 Å². The first-order valence-corrected chi connectivity index (χ1v) is 42.4. The van der Waals surface area contributed by atoms with Gasteiger partial charge in [0.05, 0.1) is 59.5 Å². The second-order valence-corrected chi connectivity index (χ2v) is 33.9. The topological polar surface area (TPSA) is 197 Å². The standard InChI is InChI=1S/C105H108N6O9/c1-10-103(11-2)91-52-70(40-46-85(91)88-49-43-79(58-94(88)103)109(73-28-19-16-20-29-73)76-34-25-37-82(55-76)118-67-100(7,61-112)62-113)97-106-98(71-41-47-86-89-50-44-80(59-95(89)104(12-3,13-4)92(86)53-71)110(74-30-21-17-22-31-74)77-35-26-38-83(56-77)119-68-101(8,63-114)64-115)108-99(107-97)72-42-48-87-90-51-45-81(60-96(90)105(14-5,15-6)93(87)54-72)111(75-32-23-18-24-33-75)78-36-27-39-84(57-78)120-69-102(9,65-116)66-117/h16-60,112-117H,10-15,61-69H2,1-9H3. The molecular formula is C105H108N6O9. The smallest absolute Gasteiger partial charge is 0.164 e. The van der Waals surface area contributed by atoms with Crippen molar-refractivity contribution in [3.63, 3.8) is 0 Å². The summed E-state index contributed by atoms with van der Waals surface area (Å²) in [4.78, 5) is 23.9. The van der Waals surface area contributed by atoms with Gasteiger partial charge in [-0.2, -0.15) is 0 Å². The molecule has 0 aliphatic heterocycles. The first kappa shape index (κ1) is 81.9. The van der Waals surface area contributed by atoms with Crippen LogP contribution in [0.25, 0.3) is 67.5 Å². The number of rotatable bonds is 33. The van der Waals surface area contributed by atoms with Gasteiger partial charge in [-0.05, 0) is 233 Å². The molecule has 13 aromatic rings. The third kappa shape index (κ3) is 14.8. The molecule has 1 heterocycles. The lowest BCUT2D eigenvalue weighted by Crippen LogP contribution is -2.33. The van der Waals surface area contributed by atoms with E-state index in [1.807, 2.05) is 93.6 Å². The summed E-state index contributed by atoms with van der Waals surface area (Å²) in [5, 5.41) is 61.1. The summed E-state index contributed by atoms with van der Waals surface area (Å²) in [6.07, 6.45) is 4.96. The number of fused-ring (bicyclic) bond motifs is 9. The van der Waals surface area contributed by atoms with Crippen molar-refractivity contribution in [1.29, 1.82) is 0 Å². The summed E-state index contributed by atoms with van der Waals surface area (Å²) in [5.74, 6) is 3.60. The zero-order chi connectivity index (χ0) is 83.7. The number of anilines is 9. The van der Waals surface area contributed by atoms with Crippen molar-refractivity contribution in [1.82, 2.24) is 15.0 Å². The number of benzene rings is 12. The molecule has 0 unspecified atom stereocenters. The van der Waals surface area contributed by atoms with Crippen molar-refractivity contribution in [2.75, 3.05) is 74.2 Å². The minimum atomic E-state index is -0.812. The number of para-hydroxylation sites is 3. The van der Waals surface area contributed by atoms with Gasteiger partial charge in [-0.25, -0.2) is 15.0 Å². The van der Waals surface area contributed by atoms with E-state index >= 15 is 0 Å². The van der Waals surface area contributed by atoms with E-state index in [9.17, 15) is 30.6 Å². The van der Waals surface area contributed by atoms with Crippen LogP contribution in [-0.2, 0) is 16.2 Å². The Morgan fingerprint density at radius 1 is 0.250 bits per heavy atom. The number of aromatic nitrogens is 3. The molecule has 12 aromatic carbocycles. The average Bonchev–Trinajstić information content (AvgIpc) is 1.57. The molecule has 0 saturated heterocycles. The first-order valence-electron chi connectivity index (χ1n) is 42.4. The second-order valence-electron chi connectivity index (χ2n) is 33.9. The molecule has 0 atom stereocenters. The van der Waals surface area contributed by atoms with Crippen molar-refractivity contribution in [3.05, 3.63) is 306 Å². The first-order chi connectivity index (χ1) is 58.3. The molecule has 120 heavy (non-hydrogen) atoms. The summed E-state index contributed by atoms with van der Waals surface area (Å²) in [6, 6.07) is 96.5. The number of hydrogen-bond acceptors (Lipinski definition) is 15. The zero-order valence-corrected chi connectivity index (χ0v) is 70.2. The second kappa shape index (κ2) is 33.8. The molecule has 3 aliphatic rings. The summed E-state index contributed by atoms with van der Waals surface area (Å²) in [5.41, 5.74) is 22.2. The van der Waals surface area contributed by atoms with Gasteiger partial charge in [0, 0.05) is 119 Å². The van der Waals surface area contributed by atoms with Crippen molar-refractivity contribution in [2.24, 2.45) is 16.2 Å². The Labute approximate surface area is 705 Å². The van der Waals surface area contributed by atoms with Crippen LogP contribution in [0.15, 0.2) is 273 Å². The van der Waals surface area contributed by atoms with Crippen molar-refractivity contribution in [2.45, 2.75) is 117 Å². The Hall–Kier alpha value is -11.8. The molecule has 0 amide bonds. The molecule has 16 rings (SSSR count). The average molecular weight is 1600 g/mol. The molecule has 15 nitrogen and oxygen atoms in total. The number of aliphatic hydroxyl groups is 6. The van der Waals surface area contributed by atoms with Gasteiger partial charge in [0.25, 0.3) is 0 Å². The van der Waals surface area contributed by atoms with E-state index in [1.54, 1.807) is 0 Å². The van der Waals surface area contributed by atoms with Crippen LogP contribution in [0.5, 0.6) is 17.2 Å². The van der Waals surface area contributed by atoms with Crippen LogP contribution in [0, 0.1) is 16.2 Å². The highest BCUT2D eigenvalue weighted by Gasteiger charge is 2.45. The maximum atomic E-state index is 10.2. The van der Waals surface area contributed by atoms with Crippen molar-refractivity contribution in [3.8, 4) is 84.8 Å². The van der Waals surface area contributed by atoms with Gasteiger partial charge in [-0.3, -0.25) is 0 Å². The molecule has 0 bridgehead atoms. The molecule has 15 heteroatoms. The van der Waals surface area contributed by atoms with E-state index in [0.717, 1.165) is 106 Å². The molecule has 0 radical (unpaired) electrons. The number of nitrogens with zero attached hydrogens (tertiary/aromatic N) is 6. The fraction of sp³-hybridized carbons (Fsp3) is 0.286. The summed E-state index contributed by atoms with van der Waals surface area (Å²) < 4.78 is 19.0. The predicted octanol–water partition coefficient (Wildman–Crippen LogP) is 22.7. The minimum Gasteiger partial charge on any atom is -0.493 e. The minimum absolute atomic E-state index is 0.143. The van der Waals surface area contributed by atoms with Gasteiger partial charge in [0.1, 0.15) is 17.2 Å². The number of hydrogen-bond donors (Lipinski definition) is 6. The lowest BCUT2D eigenvalue weighted by molar-refractivity contribution is 0.0285. The molecule has 0 spiro atoms. The Morgan fingerprint density at radius 3 is 0.700 bits per heavy atom. The van der Waals surface area contributed by atoms with Gasteiger partial charge in [0.15, 0.2) is 17.5 Å². The SMILES string of the molecule is CCC1(CC)c2cc(-c3nc(-c4ccc5c(c4)C(CC)(CC)c4cc(N(c6ccccc6)c6cccc(OCC(C)(CO)CO)c6)ccc4-5)nc(-c4ccc5c(c4)C(CC)(CC)c4cc(N(c6ccccc6)c6cccc(OCC(C)(CO)CO)c6)ccc4-5)n3)ccc2-c2ccc(N(c3ccccc3)c3cccc(OCC(C)(CO)CO)c3)cc21. The molecule has 612 valence electrons.